The summed E-state index contributed by atoms with van der Waals surface area (Å²) in [6.45, 7) is 0. The molecule has 0 radical (unpaired) electrons. The number of rotatable bonds is 3. The van der Waals surface area contributed by atoms with E-state index in [4.69, 9.17) is 10.8 Å². The summed E-state index contributed by atoms with van der Waals surface area (Å²) >= 11 is 0. The third kappa shape index (κ3) is 2.32. The molecule has 0 atom stereocenters. The number of anilines is 1. The number of aromatic nitrogens is 4. The smallest absolute Gasteiger partial charge is 0.335 e. The Morgan fingerprint density at radius 2 is 1.95 bits per heavy atom. The Labute approximate surface area is 119 Å². The number of nitrogens with two attached hydrogens (primary N) is 1. The van der Waals surface area contributed by atoms with Crippen molar-refractivity contribution < 1.29 is 9.90 Å². The maximum absolute atomic E-state index is 11.0. The minimum atomic E-state index is -1.01. The van der Waals surface area contributed by atoms with Crippen molar-refractivity contribution in [2.75, 3.05) is 5.73 Å². The number of pyridine rings is 1. The van der Waals surface area contributed by atoms with Crippen LogP contribution < -0.4 is 5.73 Å². The van der Waals surface area contributed by atoms with Gasteiger partial charge in [0, 0.05) is 18.0 Å². The van der Waals surface area contributed by atoms with E-state index in [9.17, 15) is 4.79 Å². The third-order valence-electron chi connectivity index (χ3n) is 3.00. The standard InChI is InChI=1S/C14H11N5O2/c15-13-12(9-4-6-16-7-5-9)17-18-19(13)11-3-1-2-10(8-11)14(20)21/h1-8H,15H2,(H,20,21). The SMILES string of the molecule is Nc1c(-c2ccncc2)nnn1-c1cccc(C(=O)O)c1. The summed E-state index contributed by atoms with van der Waals surface area (Å²) in [7, 11) is 0. The second-order valence-electron chi connectivity index (χ2n) is 4.33. The van der Waals surface area contributed by atoms with Crippen molar-refractivity contribution in [3.8, 4) is 16.9 Å². The Morgan fingerprint density at radius 3 is 2.67 bits per heavy atom. The average molecular weight is 281 g/mol. The molecule has 0 aliphatic rings. The summed E-state index contributed by atoms with van der Waals surface area (Å²) in [4.78, 5) is 14.9. The molecular formula is C14H11N5O2. The normalized spacial score (nSPS) is 10.5. The van der Waals surface area contributed by atoms with Crippen molar-refractivity contribution in [3.05, 3.63) is 54.4 Å². The van der Waals surface area contributed by atoms with Gasteiger partial charge in [0.2, 0.25) is 0 Å². The molecule has 0 saturated carbocycles. The molecule has 2 aromatic heterocycles. The molecule has 3 N–H and O–H groups in total. The molecule has 7 heteroatoms. The molecule has 0 saturated heterocycles. The van der Waals surface area contributed by atoms with E-state index in [1.807, 2.05) is 0 Å². The fourth-order valence-corrected chi connectivity index (χ4v) is 1.97. The highest BCUT2D eigenvalue weighted by atomic mass is 16.4. The van der Waals surface area contributed by atoms with Crippen molar-refractivity contribution in [1.82, 2.24) is 20.0 Å². The van der Waals surface area contributed by atoms with Crippen LogP contribution in [0.1, 0.15) is 10.4 Å². The van der Waals surface area contributed by atoms with Gasteiger partial charge < -0.3 is 10.8 Å². The molecule has 0 amide bonds. The fraction of sp³-hybridized carbons (Fsp3) is 0. The van der Waals surface area contributed by atoms with Gasteiger partial charge in [0.15, 0.2) is 5.82 Å². The first-order chi connectivity index (χ1) is 10.2. The topological polar surface area (TPSA) is 107 Å². The van der Waals surface area contributed by atoms with Crippen molar-refractivity contribution in [1.29, 1.82) is 0 Å². The number of nitrogens with zero attached hydrogens (tertiary/aromatic N) is 4. The number of carboxylic acids is 1. The molecule has 1 aromatic carbocycles. The van der Waals surface area contributed by atoms with Crippen LogP contribution in [0.25, 0.3) is 16.9 Å². The maximum Gasteiger partial charge on any atom is 0.335 e. The molecule has 0 bridgehead atoms. The zero-order chi connectivity index (χ0) is 14.8. The Balaban J connectivity index is 2.07. The second-order valence-corrected chi connectivity index (χ2v) is 4.33. The fourth-order valence-electron chi connectivity index (χ4n) is 1.97. The summed E-state index contributed by atoms with van der Waals surface area (Å²) in [5.74, 6) is -0.673. The monoisotopic (exact) mass is 281 g/mol. The molecule has 0 aliphatic carbocycles. The number of carboxylic acid groups (broad SMARTS) is 1. The molecule has 0 spiro atoms. The number of carbonyl (C=O) groups is 1. The molecule has 3 rings (SSSR count). The van der Waals surface area contributed by atoms with E-state index in [2.05, 4.69) is 15.3 Å². The highest BCUT2D eigenvalue weighted by Gasteiger charge is 2.14. The van der Waals surface area contributed by atoms with Crippen LogP contribution in [0, 0.1) is 0 Å². The Hall–Kier alpha value is -3.22. The van der Waals surface area contributed by atoms with Crippen LogP contribution in [0.2, 0.25) is 0 Å². The molecule has 7 nitrogen and oxygen atoms in total. The van der Waals surface area contributed by atoms with Crippen molar-refractivity contribution >= 4 is 11.8 Å². The van der Waals surface area contributed by atoms with Gasteiger partial charge in [0.05, 0.1) is 11.3 Å². The highest BCUT2D eigenvalue weighted by molar-refractivity contribution is 5.88. The van der Waals surface area contributed by atoms with Crippen LogP contribution in [0.4, 0.5) is 5.82 Å². The molecule has 0 fully saturated rings. The van der Waals surface area contributed by atoms with Gasteiger partial charge >= 0.3 is 5.97 Å². The average Bonchev–Trinajstić information content (AvgIpc) is 2.90. The molecule has 2 heterocycles. The Morgan fingerprint density at radius 1 is 1.19 bits per heavy atom. The van der Waals surface area contributed by atoms with Crippen molar-refractivity contribution in [2.45, 2.75) is 0 Å². The van der Waals surface area contributed by atoms with Crippen LogP contribution in [-0.2, 0) is 0 Å². The number of aromatic carboxylic acids is 1. The van der Waals surface area contributed by atoms with E-state index >= 15 is 0 Å². The zero-order valence-electron chi connectivity index (χ0n) is 10.8. The van der Waals surface area contributed by atoms with Crippen LogP contribution in [-0.4, -0.2) is 31.1 Å². The Bertz CT molecular complexity index is 798. The lowest BCUT2D eigenvalue weighted by Crippen LogP contribution is -2.04. The molecule has 3 aromatic rings. The first-order valence-corrected chi connectivity index (χ1v) is 6.12. The predicted octanol–water partition coefficient (Wildman–Crippen LogP) is 1.61. The lowest BCUT2D eigenvalue weighted by Gasteiger charge is -2.04. The first kappa shape index (κ1) is 12.8. The van der Waals surface area contributed by atoms with E-state index < -0.39 is 5.97 Å². The van der Waals surface area contributed by atoms with Crippen LogP contribution in [0.3, 0.4) is 0 Å². The zero-order valence-corrected chi connectivity index (χ0v) is 10.8. The number of hydrogen-bond acceptors (Lipinski definition) is 5. The van der Waals surface area contributed by atoms with E-state index in [0.717, 1.165) is 5.56 Å². The molecular weight excluding hydrogens is 270 g/mol. The minimum absolute atomic E-state index is 0.160. The summed E-state index contributed by atoms with van der Waals surface area (Å²) in [5.41, 5.74) is 8.09. The lowest BCUT2D eigenvalue weighted by molar-refractivity contribution is 0.0697. The van der Waals surface area contributed by atoms with E-state index in [0.29, 0.717) is 17.2 Å². The third-order valence-corrected chi connectivity index (χ3v) is 3.00. The quantitative estimate of drug-likeness (QED) is 0.755. The number of benzene rings is 1. The van der Waals surface area contributed by atoms with E-state index in [1.165, 1.54) is 16.8 Å². The number of hydrogen-bond donors (Lipinski definition) is 2. The van der Waals surface area contributed by atoms with Gasteiger partial charge in [-0.3, -0.25) is 4.98 Å². The van der Waals surface area contributed by atoms with Crippen LogP contribution in [0.5, 0.6) is 0 Å². The van der Waals surface area contributed by atoms with Gasteiger partial charge in [-0.25, -0.2) is 4.79 Å². The second kappa shape index (κ2) is 5.04. The largest absolute Gasteiger partial charge is 0.478 e. The van der Waals surface area contributed by atoms with Crippen LogP contribution >= 0.6 is 0 Å². The van der Waals surface area contributed by atoms with Gasteiger partial charge in [0.1, 0.15) is 5.69 Å². The summed E-state index contributed by atoms with van der Waals surface area (Å²) in [6, 6.07) is 9.89. The summed E-state index contributed by atoms with van der Waals surface area (Å²) in [6.07, 6.45) is 3.28. The lowest BCUT2D eigenvalue weighted by atomic mass is 10.2. The van der Waals surface area contributed by atoms with Gasteiger partial charge in [-0.15, -0.1) is 5.10 Å². The molecule has 21 heavy (non-hydrogen) atoms. The van der Waals surface area contributed by atoms with Crippen LogP contribution in [0.15, 0.2) is 48.8 Å². The Kier molecular flexibility index (Phi) is 3.07. The first-order valence-electron chi connectivity index (χ1n) is 6.12. The molecule has 0 unspecified atom stereocenters. The predicted molar refractivity (Wildman–Crippen MR) is 76.0 cm³/mol. The minimum Gasteiger partial charge on any atom is -0.478 e. The van der Waals surface area contributed by atoms with Gasteiger partial charge in [0.25, 0.3) is 0 Å². The van der Waals surface area contributed by atoms with E-state index in [-0.39, 0.29) is 5.56 Å². The number of nitrogen functional groups attached to an aromatic ring is 1. The highest BCUT2D eigenvalue weighted by Crippen LogP contribution is 2.24. The molecule has 0 aliphatic heterocycles. The van der Waals surface area contributed by atoms with Gasteiger partial charge in [-0.2, -0.15) is 4.68 Å². The van der Waals surface area contributed by atoms with Gasteiger partial charge in [-0.05, 0) is 30.3 Å². The van der Waals surface area contributed by atoms with Crippen molar-refractivity contribution in [3.63, 3.8) is 0 Å². The summed E-state index contributed by atoms with van der Waals surface area (Å²) < 4.78 is 1.40. The van der Waals surface area contributed by atoms with E-state index in [1.54, 1.807) is 36.7 Å². The van der Waals surface area contributed by atoms with Gasteiger partial charge in [-0.1, -0.05) is 11.3 Å². The maximum atomic E-state index is 11.0. The van der Waals surface area contributed by atoms with Crippen molar-refractivity contribution in [2.24, 2.45) is 0 Å². The summed E-state index contributed by atoms with van der Waals surface area (Å²) in [5, 5.41) is 17.1. The molecule has 104 valence electrons.